The first-order chi connectivity index (χ1) is 8.83. The molecule has 2 aliphatic rings. The number of nitrogens with zero attached hydrogens (tertiary/aromatic N) is 2. The molecule has 1 fully saturated rings. The van der Waals surface area contributed by atoms with Gasteiger partial charge in [-0.2, -0.15) is 0 Å². The van der Waals surface area contributed by atoms with Gasteiger partial charge in [0.1, 0.15) is 0 Å². The van der Waals surface area contributed by atoms with Crippen LogP contribution >= 0.6 is 11.9 Å². The molecule has 1 aliphatic heterocycles. The molecule has 1 atom stereocenters. The summed E-state index contributed by atoms with van der Waals surface area (Å²) in [7, 11) is 0. The highest BCUT2D eigenvalue weighted by atomic mass is 32.2. The highest BCUT2D eigenvalue weighted by Crippen LogP contribution is 2.31. The SMILES string of the molecule is NC1=CC=C2SNCCN(Cc3c[nH]cn3)C2C1. The molecule has 1 aromatic heterocycles. The number of imidazole rings is 1. The zero-order valence-electron chi connectivity index (χ0n) is 10.1. The van der Waals surface area contributed by atoms with Crippen LogP contribution in [0.4, 0.5) is 0 Å². The van der Waals surface area contributed by atoms with Crippen molar-refractivity contribution >= 4 is 11.9 Å². The zero-order chi connectivity index (χ0) is 12.4. The van der Waals surface area contributed by atoms with Gasteiger partial charge in [0, 0.05) is 48.9 Å². The number of aromatic nitrogens is 2. The Morgan fingerprint density at radius 3 is 3.28 bits per heavy atom. The highest BCUT2D eigenvalue weighted by molar-refractivity contribution is 8.01. The molecular formula is C12H17N5S. The molecule has 18 heavy (non-hydrogen) atoms. The van der Waals surface area contributed by atoms with Gasteiger partial charge >= 0.3 is 0 Å². The minimum absolute atomic E-state index is 0.381. The summed E-state index contributed by atoms with van der Waals surface area (Å²) in [6, 6.07) is 0.381. The Bertz CT molecular complexity index is 465. The Kier molecular flexibility index (Phi) is 3.40. The summed E-state index contributed by atoms with van der Waals surface area (Å²) < 4.78 is 3.38. The van der Waals surface area contributed by atoms with Gasteiger partial charge in [0.2, 0.25) is 0 Å². The lowest BCUT2D eigenvalue weighted by atomic mass is 10.0. The van der Waals surface area contributed by atoms with Crippen molar-refractivity contribution < 1.29 is 0 Å². The molecule has 0 radical (unpaired) electrons. The van der Waals surface area contributed by atoms with Crippen LogP contribution in [0.5, 0.6) is 0 Å². The molecule has 0 bridgehead atoms. The fourth-order valence-corrected chi connectivity index (χ4v) is 3.22. The van der Waals surface area contributed by atoms with E-state index in [9.17, 15) is 0 Å². The summed E-state index contributed by atoms with van der Waals surface area (Å²) in [4.78, 5) is 11.1. The van der Waals surface area contributed by atoms with E-state index in [0.29, 0.717) is 6.04 Å². The lowest BCUT2D eigenvalue weighted by Gasteiger charge is -2.31. The van der Waals surface area contributed by atoms with Crippen LogP contribution in [-0.2, 0) is 6.54 Å². The standard InChI is InChI=1S/C12H17N5S/c13-9-1-2-12-11(5-9)17(4-3-16-18-12)7-10-6-14-8-15-10/h1-2,6,8,11,16H,3-5,7,13H2,(H,14,15). The third kappa shape index (κ3) is 2.45. The molecule has 6 heteroatoms. The van der Waals surface area contributed by atoms with Gasteiger partial charge in [-0.15, -0.1) is 0 Å². The second-order valence-corrected chi connectivity index (χ2v) is 5.52. The van der Waals surface area contributed by atoms with E-state index in [1.165, 1.54) is 4.91 Å². The van der Waals surface area contributed by atoms with Gasteiger partial charge in [-0.25, -0.2) is 4.98 Å². The maximum atomic E-state index is 5.97. The number of aromatic amines is 1. The number of allylic oxidation sites excluding steroid dienone is 2. The summed E-state index contributed by atoms with van der Waals surface area (Å²) in [5.41, 5.74) is 8.00. The minimum Gasteiger partial charge on any atom is -0.402 e. The van der Waals surface area contributed by atoms with Crippen molar-refractivity contribution in [1.29, 1.82) is 0 Å². The number of rotatable bonds is 2. The maximum Gasteiger partial charge on any atom is 0.0923 e. The Balaban J connectivity index is 1.80. The fourth-order valence-electron chi connectivity index (χ4n) is 2.36. The van der Waals surface area contributed by atoms with Gasteiger partial charge in [0.25, 0.3) is 0 Å². The second-order valence-electron chi connectivity index (χ2n) is 4.56. The van der Waals surface area contributed by atoms with E-state index in [1.807, 2.05) is 12.3 Å². The smallest absolute Gasteiger partial charge is 0.0923 e. The second kappa shape index (κ2) is 5.17. The van der Waals surface area contributed by atoms with Crippen molar-refractivity contribution in [2.75, 3.05) is 13.1 Å². The normalized spacial score (nSPS) is 25.0. The average Bonchev–Trinajstić information content (AvgIpc) is 2.79. The average molecular weight is 263 g/mol. The van der Waals surface area contributed by atoms with E-state index in [4.69, 9.17) is 5.73 Å². The first-order valence-electron chi connectivity index (χ1n) is 6.10. The Morgan fingerprint density at radius 2 is 2.44 bits per heavy atom. The number of hydrogen-bond acceptors (Lipinski definition) is 5. The van der Waals surface area contributed by atoms with Crippen LogP contribution in [0.25, 0.3) is 0 Å². The molecule has 0 saturated carbocycles. The summed E-state index contributed by atoms with van der Waals surface area (Å²) in [6.07, 6.45) is 8.73. The summed E-state index contributed by atoms with van der Waals surface area (Å²) in [6.45, 7) is 2.85. The van der Waals surface area contributed by atoms with E-state index < -0.39 is 0 Å². The first kappa shape index (κ1) is 11.8. The number of nitrogens with one attached hydrogen (secondary N) is 2. The van der Waals surface area contributed by atoms with Crippen LogP contribution in [0, 0.1) is 0 Å². The lowest BCUT2D eigenvalue weighted by molar-refractivity contribution is 0.220. The van der Waals surface area contributed by atoms with E-state index >= 15 is 0 Å². The summed E-state index contributed by atoms with van der Waals surface area (Å²) in [5.74, 6) is 0. The van der Waals surface area contributed by atoms with Crippen LogP contribution in [0.2, 0.25) is 0 Å². The van der Waals surface area contributed by atoms with E-state index in [0.717, 1.165) is 37.4 Å². The van der Waals surface area contributed by atoms with E-state index in [1.54, 1.807) is 18.3 Å². The third-order valence-corrected chi connectivity index (χ3v) is 4.26. The highest BCUT2D eigenvalue weighted by Gasteiger charge is 2.28. The van der Waals surface area contributed by atoms with Crippen LogP contribution in [0.15, 0.2) is 35.3 Å². The van der Waals surface area contributed by atoms with Crippen molar-refractivity contribution in [3.8, 4) is 0 Å². The molecule has 4 N–H and O–H groups in total. The molecule has 0 spiro atoms. The molecule has 1 unspecified atom stereocenters. The fraction of sp³-hybridized carbons (Fsp3) is 0.417. The predicted octanol–water partition coefficient (Wildman–Crippen LogP) is 0.962. The van der Waals surface area contributed by atoms with Gasteiger partial charge in [-0.05, 0) is 24.1 Å². The van der Waals surface area contributed by atoms with Crippen LogP contribution in [0.3, 0.4) is 0 Å². The lowest BCUT2D eigenvalue weighted by Crippen LogP contribution is -2.38. The zero-order valence-corrected chi connectivity index (χ0v) is 10.9. The number of H-pyrrole nitrogens is 1. The largest absolute Gasteiger partial charge is 0.402 e. The number of fused-ring (bicyclic) bond motifs is 1. The van der Waals surface area contributed by atoms with Gasteiger partial charge in [0.05, 0.1) is 12.0 Å². The van der Waals surface area contributed by atoms with Gasteiger partial charge in [-0.1, -0.05) is 0 Å². The van der Waals surface area contributed by atoms with Crippen molar-refractivity contribution in [1.82, 2.24) is 19.6 Å². The van der Waals surface area contributed by atoms with Crippen molar-refractivity contribution in [2.24, 2.45) is 5.73 Å². The van der Waals surface area contributed by atoms with Crippen molar-refractivity contribution in [2.45, 2.75) is 19.0 Å². The number of hydrogen-bond donors (Lipinski definition) is 3. The summed E-state index contributed by atoms with van der Waals surface area (Å²) >= 11 is 1.73. The minimum atomic E-state index is 0.381. The van der Waals surface area contributed by atoms with Gasteiger partial charge in [0.15, 0.2) is 0 Å². The molecule has 0 aromatic carbocycles. The molecule has 96 valence electrons. The Hall–Kier alpha value is -1.24. The quantitative estimate of drug-likeness (QED) is 0.693. The molecule has 1 saturated heterocycles. The van der Waals surface area contributed by atoms with Crippen molar-refractivity contribution in [3.63, 3.8) is 0 Å². The van der Waals surface area contributed by atoms with Gasteiger partial charge < -0.3 is 10.7 Å². The first-order valence-corrected chi connectivity index (χ1v) is 6.92. The molecule has 3 rings (SSSR count). The van der Waals surface area contributed by atoms with Crippen LogP contribution in [-0.4, -0.2) is 34.0 Å². The van der Waals surface area contributed by atoms with E-state index in [-0.39, 0.29) is 0 Å². The number of nitrogens with two attached hydrogens (primary N) is 1. The molecule has 0 amide bonds. The maximum absolute atomic E-state index is 5.97. The molecular weight excluding hydrogens is 246 g/mol. The van der Waals surface area contributed by atoms with E-state index in [2.05, 4.69) is 25.7 Å². The Morgan fingerprint density at radius 1 is 1.50 bits per heavy atom. The summed E-state index contributed by atoms with van der Waals surface area (Å²) in [5, 5.41) is 0. The van der Waals surface area contributed by atoms with Crippen molar-refractivity contribution in [3.05, 3.63) is 41.0 Å². The Labute approximate surface area is 111 Å². The molecule has 1 aliphatic carbocycles. The monoisotopic (exact) mass is 263 g/mol. The topological polar surface area (TPSA) is 70.0 Å². The predicted molar refractivity (Wildman–Crippen MR) is 73.3 cm³/mol. The van der Waals surface area contributed by atoms with Crippen LogP contribution in [0.1, 0.15) is 12.1 Å². The van der Waals surface area contributed by atoms with Gasteiger partial charge in [-0.3, -0.25) is 9.62 Å². The molecule has 5 nitrogen and oxygen atoms in total. The third-order valence-electron chi connectivity index (χ3n) is 3.27. The molecule has 1 aromatic rings. The van der Waals surface area contributed by atoms with Crippen LogP contribution < -0.4 is 10.5 Å². The molecule has 2 heterocycles.